The van der Waals surface area contributed by atoms with Crippen LogP contribution in [0.4, 0.5) is 4.39 Å². The number of hydrogen-bond acceptors (Lipinski definition) is 2. The Hall–Kier alpha value is -2.14. The average Bonchev–Trinajstić information content (AvgIpc) is 3.22. The number of nitrogens with zero attached hydrogens (tertiary/aromatic N) is 3. The molecule has 142 valence electrons. The van der Waals surface area contributed by atoms with Crippen molar-refractivity contribution in [3.8, 4) is 0 Å². The maximum Gasteiger partial charge on any atom is 0.123 e. The Labute approximate surface area is 159 Å². The molecular formula is C22H27FN4. The van der Waals surface area contributed by atoms with Crippen LogP contribution in [-0.2, 0) is 13.0 Å². The third-order valence-corrected chi connectivity index (χ3v) is 6.25. The molecule has 0 amide bonds. The zero-order chi connectivity index (χ0) is 18.2. The Kier molecular flexibility index (Phi) is 4.48. The number of fused-ring (bicyclic) bond motifs is 1. The van der Waals surface area contributed by atoms with Gasteiger partial charge in [-0.3, -0.25) is 4.68 Å². The van der Waals surface area contributed by atoms with Crippen molar-refractivity contribution in [2.75, 3.05) is 19.6 Å². The van der Waals surface area contributed by atoms with E-state index in [1.807, 2.05) is 12.3 Å². The molecule has 5 rings (SSSR count). The third kappa shape index (κ3) is 3.79. The van der Waals surface area contributed by atoms with Gasteiger partial charge in [-0.05, 0) is 86.4 Å². The van der Waals surface area contributed by atoms with Crippen molar-refractivity contribution in [3.05, 3.63) is 53.7 Å². The van der Waals surface area contributed by atoms with E-state index in [0.29, 0.717) is 5.92 Å². The first-order valence-electron chi connectivity index (χ1n) is 10.2. The molecule has 0 unspecified atom stereocenters. The molecule has 27 heavy (non-hydrogen) atoms. The van der Waals surface area contributed by atoms with E-state index in [1.54, 1.807) is 6.07 Å². The monoisotopic (exact) mass is 366 g/mol. The van der Waals surface area contributed by atoms with Gasteiger partial charge < -0.3 is 9.88 Å². The number of rotatable bonds is 6. The molecule has 2 aliphatic rings. The second-order valence-corrected chi connectivity index (χ2v) is 8.31. The van der Waals surface area contributed by atoms with E-state index in [-0.39, 0.29) is 5.82 Å². The summed E-state index contributed by atoms with van der Waals surface area (Å²) in [6.45, 7) is 4.42. The van der Waals surface area contributed by atoms with Crippen LogP contribution in [0.25, 0.3) is 10.9 Å². The summed E-state index contributed by atoms with van der Waals surface area (Å²) in [5, 5.41) is 5.56. The number of nitrogens with one attached hydrogen (secondary N) is 1. The highest BCUT2D eigenvalue weighted by atomic mass is 19.1. The Bertz CT molecular complexity index is 915. The fourth-order valence-corrected chi connectivity index (χ4v) is 4.41. The quantitative estimate of drug-likeness (QED) is 0.705. The van der Waals surface area contributed by atoms with Crippen molar-refractivity contribution in [2.24, 2.45) is 5.92 Å². The molecule has 5 heteroatoms. The van der Waals surface area contributed by atoms with Crippen LogP contribution in [-0.4, -0.2) is 39.3 Å². The van der Waals surface area contributed by atoms with Gasteiger partial charge in [0.05, 0.1) is 6.20 Å². The van der Waals surface area contributed by atoms with Gasteiger partial charge >= 0.3 is 0 Å². The topological polar surface area (TPSA) is 36.9 Å². The first-order chi connectivity index (χ1) is 13.2. The van der Waals surface area contributed by atoms with E-state index in [1.165, 1.54) is 30.0 Å². The molecule has 1 saturated carbocycles. The van der Waals surface area contributed by atoms with Gasteiger partial charge in [-0.25, -0.2) is 4.39 Å². The minimum absolute atomic E-state index is 0.150. The van der Waals surface area contributed by atoms with Gasteiger partial charge in [0.2, 0.25) is 0 Å². The van der Waals surface area contributed by atoms with E-state index < -0.39 is 0 Å². The van der Waals surface area contributed by atoms with Crippen molar-refractivity contribution >= 4 is 10.9 Å². The number of piperidine rings is 1. The largest absolute Gasteiger partial charge is 0.361 e. The van der Waals surface area contributed by atoms with E-state index in [9.17, 15) is 4.39 Å². The molecule has 1 aliphatic heterocycles. The molecule has 3 aromatic rings. The predicted octanol–water partition coefficient (Wildman–Crippen LogP) is 4.34. The molecule has 1 aromatic carbocycles. The maximum atomic E-state index is 13.6. The van der Waals surface area contributed by atoms with Crippen molar-refractivity contribution in [3.63, 3.8) is 0 Å². The second kappa shape index (κ2) is 7.12. The number of H-pyrrole nitrogens is 1. The summed E-state index contributed by atoms with van der Waals surface area (Å²) in [7, 11) is 0. The minimum Gasteiger partial charge on any atom is -0.361 e. The van der Waals surface area contributed by atoms with Crippen molar-refractivity contribution in [1.29, 1.82) is 0 Å². The van der Waals surface area contributed by atoms with Gasteiger partial charge in [0.15, 0.2) is 0 Å². The minimum atomic E-state index is -0.150. The second-order valence-electron chi connectivity index (χ2n) is 8.31. The molecule has 3 heterocycles. The molecular weight excluding hydrogens is 339 g/mol. The standard InChI is InChI=1S/C22H27FN4/c23-19-3-4-22-20(11-19)21(13-24-22)18-6-9-26(10-7-18)8-5-17-12-25-27(15-17)14-16-1-2-16/h3-4,11-13,15-16,18,24H,1-2,5-10,14H2. The zero-order valence-electron chi connectivity index (χ0n) is 15.7. The molecule has 1 N–H and O–H groups in total. The number of benzene rings is 1. The normalized spacial score (nSPS) is 19.1. The van der Waals surface area contributed by atoms with Gasteiger partial charge in [-0.2, -0.15) is 5.10 Å². The predicted molar refractivity (Wildman–Crippen MR) is 105 cm³/mol. The smallest absolute Gasteiger partial charge is 0.123 e. The lowest BCUT2D eigenvalue weighted by Crippen LogP contribution is -2.34. The zero-order valence-corrected chi connectivity index (χ0v) is 15.7. The van der Waals surface area contributed by atoms with Gasteiger partial charge in [-0.1, -0.05) is 0 Å². The molecule has 1 saturated heterocycles. The lowest BCUT2D eigenvalue weighted by Gasteiger charge is -2.31. The Morgan fingerprint density at radius 2 is 2.00 bits per heavy atom. The SMILES string of the molecule is Fc1ccc2[nH]cc(C3CCN(CCc4cnn(CC5CC5)c4)CC3)c2c1. The van der Waals surface area contributed by atoms with Crippen LogP contribution in [0.5, 0.6) is 0 Å². The van der Waals surface area contributed by atoms with Crippen LogP contribution in [0.2, 0.25) is 0 Å². The first-order valence-corrected chi connectivity index (χ1v) is 10.2. The highest BCUT2D eigenvalue weighted by molar-refractivity contribution is 5.83. The number of hydrogen-bond donors (Lipinski definition) is 1. The summed E-state index contributed by atoms with van der Waals surface area (Å²) in [6, 6.07) is 5.04. The molecule has 0 atom stereocenters. The van der Waals surface area contributed by atoms with E-state index in [0.717, 1.165) is 62.3 Å². The Balaban J connectivity index is 1.15. The molecule has 0 spiro atoms. The molecule has 2 fully saturated rings. The number of aromatic amines is 1. The van der Waals surface area contributed by atoms with Crippen molar-refractivity contribution in [2.45, 2.75) is 44.6 Å². The summed E-state index contributed by atoms with van der Waals surface area (Å²) in [5.74, 6) is 1.25. The average molecular weight is 366 g/mol. The van der Waals surface area contributed by atoms with E-state index in [4.69, 9.17) is 0 Å². The summed E-state index contributed by atoms with van der Waals surface area (Å²) in [4.78, 5) is 5.86. The number of aromatic nitrogens is 3. The molecule has 0 radical (unpaired) electrons. The summed E-state index contributed by atoms with van der Waals surface area (Å²) in [5.41, 5.74) is 3.67. The van der Waals surface area contributed by atoms with Crippen LogP contribution in [0.15, 0.2) is 36.8 Å². The number of halogens is 1. The lowest BCUT2D eigenvalue weighted by atomic mass is 9.89. The maximum absolute atomic E-state index is 13.6. The van der Waals surface area contributed by atoms with E-state index in [2.05, 4.69) is 32.1 Å². The van der Waals surface area contributed by atoms with Gasteiger partial charge in [0.25, 0.3) is 0 Å². The summed E-state index contributed by atoms with van der Waals surface area (Å²) in [6.07, 6.45) is 12.4. The van der Waals surface area contributed by atoms with E-state index >= 15 is 0 Å². The Morgan fingerprint density at radius 1 is 1.15 bits per heavy atom. The third-order valence-electron chi connectivity index (χ3n) is 6.25. The highest BCUT2D eigenvalue weighted by Gasteiger charge is 2.24. The van der Waals surface area contributed by atoms with Crippen LogP contribution < -0.4 is 0 Å². The Morgan fingerprint density at radius 3 is 2.81 bits per heavy atom. The first kappa shape index (κ1) is 17.0. The van der Waals surface area contributed by atoms with Gasteiger partial charge in [0, 0.05) is 36.4 Å². The summed E-state index contributed by atoms with van der Waals surface area (Å²) >= 11 is 0. The van der Waals surface area contributed by atoms with Gasteiger partial charge in [-0.15, -0.1) is 0 Å². The highest BCUT2D eigenvalue weighted by Crippen LogP contribution is 2.33. The van der Waals surface area contributed by atoms with Crippen molar-refractivity contribution in [1.82, 2.24) is 19.7 Å². The molecule has 0 bridgehead atoms. The van der Waals surface area contributed by atoms with Gasteiger partial charge in [0.1, 0.15) is 5.82 Å². The number of likely N-dealkylation sites (tertiary alicyclic amines) is 1. The summed E-state index contributed by atoms with van der Waals surface area (Å²) < 4.78 is 15.8. The fourth-order valence-electron chi connectivity index (χ4n) is 4.41. The molecule has 2 aromatic heterocycles. The van der Waals surface area contributed by atoms with Crippen LogP contribution >= 0.6 is 0 Å². The molecule has 1 aliphatic carbocycles. The van der Waals surface area contributed by atoms with Crippen LogP contribution in [0.1, 0.15) is 42.7 Å². The van der Waals surface area contributed by atoms with Crippen LogP contribution in [0, 0.1) is 11.7 Å². The lowest BCUT2D eigenvalue weighted by molar-refractivity contribution is 0.215. The van der Waals surface area contributed by atoms with Crippen LogP contribution in [0.3, 0.4) is 0 Å². The fraction of sp³-hybridized carbons (Fsp3) is 0.500. The van der Waals surface area contributed by atoms with Crippen molar-refractivity contribution < 1.29 is 4.39 Å². The molecule has 4 nitrogen and oxygen atoms in total.